The molecule has 1 aromatic rings. The van der Waals surface area contributed by atoms with Crippen molar-refractivity contribution in [3.63, 3.8) is 0 Å². The van der Waals surface area contributed by atoms with Gasteiger partial charge in [-0.1, -0.05) is 11.6 Å². The Morgan fingerprint density at radius 3 is 2.67 bits per heavy atom. The third kappa shape index (κ3) is 4.16. The summed E-state index contributed by atoms with van der Waals surface area (Å²) in [5, 5.41) is 8.69. The zero-order valence-electron chi connectivity index (χ0n) is 11.2. The second-order valence-electron chi connectivity index (χ2n) is 4.77. The first kappa shape index (κ1) is 16.2. The number of ether oxygens (including phenoxy) is 1. The van der Waals surface area contributed by atoms with Crippen molar-refractivity contribution in [2.45, 2.75) is 30.3 Å². The smallest absolute Gasteiger partial charge is 0.335 e. The quantitative estimate of drug-likeness (QED) is 0.743. The second-order valence-corrected chi connectivity index (χ2v) is 6.91. The van der Waals surface area contributed by atoms with Gasteiger partial charge in [-0.25, -0.2) is 17.9 Å². The van der Waals surface area contributed by atoms with Crippen LogP contribution in [-0.2, 0) is 14.8 Å². The molecule has 8 heteroatoms. The Hall–Kier alpha value is -1.15. The van der Waals surface area contributed by atoms with E-state index in [1.165, 1.54) is 12.1 Å². The summed E-state index contributed by atoms with van der Waals surface area (Å²) in [5.74, 6) is -1.16. The number of hydrogen-bond acceptors (Lipinski definition) is 4. The van der Waals surface area contributed by atoms with E-state index in [-0.39, 0.29) is 28.1 Å². The summed E-state index contributed by atoms with van der Waals surface area (Å²) in [7, 11) is -3.77. The van der Waals surface area contributed by atoms with Gasteiger partial charge >= 0.3 is 5.97 Å². The standard InChI is InChI=1S/C13H16ClNO5S/c14-11-8-9(13(16)17)4-5-12(11)21(18,19)15-6-7-20-10-2-1-3-10/h4-5,8,10,15H,1-3,6-7H2,(H,16,17). The van der Waals surface area contributed by atoms with E-state index >= 15 is 0 Å². The highest BCUT2D eigenvalue weighted by atomic mass is 35.5. The first-order chi connectivity index (χ1) is 9.90. The van der Waals surface area contributed by atoms with Crippen molar-refractivity contribution in [2.75, 3.05) is 13.2 Å². The number of sulfonamides is 1. The van der Waals surface area contributed by atoms with Crippen LogP contribution in [0.15, 0.2) is 23.1 Å². The molecular weight excluding hydrogens is 318 g/mol. The Morgan fingerprint density at radius 1 is 1.43 bits per heavy atom. The summed E-state index contributed by atoms with van der Waals surface area (Å²) in [6.07, 6.45) is 3.44. The molecule has 0 bridgehead atoms. The zero-order chi connectivity index (χ0) is 15.5. The van der Waals surface area contributed by atoms with Crippen molar-refractivity contribution >= 4 is 27.6 Å². The van der Waals surface area contributed by atoms with Crippen LogP contribution in [-0.4, -0.2) is 38.7 Å². The molecule has 0 atom stereocenters. The Balaban J connectivity index is 1.96. The highest BCUT2D eigenvalue weighted by Crippen LogP contribution is 2.23. The maximum atomic E-state index is 12.1. The van der Waals surface area contributed by atoms with Gasteiger partial charge in [-0.05, 0) is 37.5 Å². The van der Waals surface area contributed by atoms with Crippen molar-refractivity contribution in [3.05, 3.63) is 28.8 Å². The van der Waals surface area contributed by atoms with E-state index in [4.69, 9.17) is 21.4 Å². The molecule has 0 spiro atoms. The summed E-state index contributed by atoms with van der Waals surface area (Å²) in [4.78, 5) is 10.6. The molecule has 2 rings (SSSR count). The minimum absolute atomic E-state index is 0.0627. The molecule has 116 valence electrons. The SMILES string of the molecule is O=C(O)c1ccc(S(=O)(=O)NCCOC2CCC2)c(Cl)c1. The van der Waals surface area contributed by atoms with Gasteiger partial charge in [-0.15, -0.1) is 0 Å². The van der Waals surface area contributed by atoms with Crippen LogP contribution in [0, 0.1) is 0 Å². The Kier molecular flexibility index (Phi) is 5.21. The first-order valence-corrected chi connectivity index (χ1v) is 8.40. The zero-order valence-corrected chi connectivity index (χ0v) is 12.8. The molecule has 0 amide bonds. The number of hydrogen-bond donors (Lipinski definition) is 2. The van der Waals surface area contributed by atoms with Gasteiger partial charge in [0, 0.05) is 6.54 Å². The molecule has 0 aliphatic heterocycles. The average Bonchev–Trinajstić information content (AvgIpc) is 2.35. The minimum atomic E-state index is -3.77. The van der Waals surface area contributed by atoms with Gasteiger partial charge in [-0.3, -0.25) is 0 Å². The number of nitrogens with one attached hydrogen (secondary N) is 1. The topological polar surface area (TPSA) is 92.7 Å². The Bertz CT molecular complexity index is 627. The van der Waals surface area contributed by atoms with Gasteiger partial charge in [0.2, 0.25) is 10.0 Å². The predicted molar refractivity (Wildman–Crippen MR) is 77.2 cm³/mol. The fourth-order valence-electron chi connectivity index (χ4n) is 1.87. The molecule has 0 saturated heterocycles. The number of rotatable bonds is 7. The maximum absolute atomic E-state index is 12.1. The van der Waals surface area contributed by atoms with E-state index < -0.39 is 16.0 Å². The van der Waals surface area contributed by atoms with Gasteiger partial charge < -0.3 is 9.84 Å². The van der Waals surface area contributed by atoms with Crippen LogP contribution in [0.1, 0.15) is 29.6 Å². The lowest BCUT2D eigenvalue weighted by atomic mass is 9.96. The van der Waals surface area contributed by atoms with Crippen molar-refractivity contribution < 1.29 is 23.1 Å². The van der Waals surface area contributed by atoms with E-state index in [2.05, 4.69) is 4.72 Å². The summed E-state index contributed by atoms with van der Waals surface area (Å²) in [5.41, 5.74) is -0.0627. The van der Waals surface area contributed by atoms with Crippen molar-refractivity contribution in [1.82, 2.24) is 4.72 Å². The highest BCUT2D eigenvalue weighted by Gasteiger charge is 2.20. The molecule has 1 aliphatic rings. The molecule has 6 nitrogen and oxygen atoms in total. The van der Waals surface area contributed by atoms with Crippen LogP contribution in [0.3, 0.4) is 0 Å². The number of carbonyl (C=O) groups is 1. The van der Waals surface area contributed by atoms with E-state index in [0.29, 0.717) is 6.61 Å². The molecule has 2 N–H and O–H groups in total. The molecule has 1 fully saturated rings. The minimum Gasteiger partial charge on any atom is -0.478 e. The summed E-state index contributed by atoms with van der Waals surface area (Å²) in [6.45, 7) is 0.449. The molecule has 21 heavy (non-hydrogen) atoms. The lowest BCUT2D eigenvalue weighted by molar-refractivity contribution is 0.00578. The van der Waals surface area contributed by atoms with Gasteiger partial charge in [0.1, 0.15) is 4.90 Å². The maximum Gasteiger partial charge on any atom is 0.335 e. The van der Waals surface area contributed by atoms with Crippen LogP contribution in [0.25, 0.3) is 0 Å². The molecule has 1 saturated carbocycles. The molecule has 0 heterocycles. The molecule has 0 aromatic heterocycles. The number of halogens is 1. The number of aromatic carboxylic acids is 1. The first-order valence-electron chi connectivity index (χ1n) is 6.54. The fraction of sp³-hybridized carbons (Fsp3) is 0.462. The normalized spacial score (nSPS) is 15.7. The van der Waals surface area contributed by atoms with E-state index in [0.717, 1.165) is 25.3 Å². The molecule has 1 aliphatic carbocycles. The van der Waals surface area contributed by atoms with Gasteiger partial charge in [-0.2, -0.15) is 0 Å². The third-order valence-corrected chi connectivity index (χ3v) is 5.21. The van der Waals surface area contributed by atoms with Crippen molar-refractivity contribution in [1.29, 1.82) is 0 Å². The van der Waals surface area contributed by atoms with Crippen LogP contribution in [0.5, 0.6) is 0 Å². The fourth-order valence-corrected chi connectivity index (χ4v) is 3.42. The third-order valence-electron chi connectivity index (χ3n) is 3.27. The second kappa shape index (κ2) is 6.74. The predicted octanol–water partition coefficient (Wildman–Crippen LogP) is 1.89. The number of benzene rings is 1. The lowest BCUT2D eigenvalue weighted by Gasteiger charge is -2.25. The number of carboxylic acids is 1. The number of carboxylic acid groups (broad SMARTS) is 1. The summed E-state index contributed by atoms with van der Waals surface area (Å²) in [6, 6.07) is 3.50. The van der Waals surface area contributed by atoms with E-state index in [9.17, 15) is 13.2 Å². The monoisotopic (exact) mass is 333 g/mol. The Labute approximate surface area is 128 Å². The van der Waals surface area contributed by atoms with Crippen LogP contribution >= 0.6 is 11.6 Å². The Morgan fingerprint density at radius 2 is 2.14 bits per heavy atom. The molecule has 0 unspecified atom stereocenters. The van der Waals surface area contributed by atoms with Gasteiger partial charge in [0.25, 0.3) is 0 Å². The average molecular weight is 334 g/mol. The van der Waals surface area contributed by atoms with Crippen LogP contribution in [0.4, 0.5) is 0 Å². The van der Waals surface area contributed by atoms with Crippen molar-refractivity contribution in [3.8, 4) is 0 Å². The van der Waals surface area contributed by atoms with Gasteiger partial charge in [0.05, 0.1) is 23.3 Å². The van der Waals surface area contributed by atoms with E-state index in [1.54, 1.807) is 0 Å². The highest BCUT2D eigenvalue weighted by molar-refractivity contribution is 7.89. The van der Waals surface area contributed by atoms with Gasteiger partial charge in [0.15, 0.2) is 0 Å². The van der Waals surface area contributed by atoms with Crippen LogP contribution < -0.4 is 4.72 Å². The van der Waals surface area contributed by atoms with E-state index in [1.807, 2.05) is 0 Å². The van der Waals surface area contributed by atoms with Crippen LogP contribution in [0.2, 0.25) is 5.02 Å². The largest absolute Gasteiger partial charge is 0.478 e. The molecular formula is C13H16ClNO5S. The summed E-state index contributed by atoms with van der Waals surface area (Å²) < 4.78 is 32.0. The molecule has 1 aromatic carbocycles. The van der Waals surface area contributed by atoms with Crippen molar-refractivity contribution in [2.24, 2.45) is 0 Å². The lowest BCUT2D eigenvalue weighted by Crippen LogP contribution is -2.30. The molecule has 0 radical (unpaired) electrons. The summed E-state index contributed by atoms with van der Waals surface area (Å²) >= 11 is 5.84.